The number of ether oxygens (including phenoxy) is 1. The van der Waals surface area contributed by atoms with E-state index in [0.29, 0.717) is 13.2 Å². The van der Waals surface area contributed by atoms with Gasteiger partial charge in [0, 0.05) is 25.0 Å². The lowest BCUT2D eigenvalue weighted by atomic mass is 10.1. The molecule has 3 rings (SSSR count). The molecule has 0 aliphatic carbocycles. The van der Waals surface area contributed by atoms with Crippen LogP contribution in [0.4, 0.5) is 5.69 Å². The van der Waals surface area contributed by atoms with Gasteiger partial charge in [-0.3, -0.25) is 14.6 Å². The number of rotatable bonds is 6. The molecule has 2 heterocycles. The minimum atomic E-state index is -0.320. The first kappa shape index (κ1) is 19.9. The predicted octanol–water partition coefficient (Wildman–Crippen LogP) is 2.66. The number of hydrogen-bond donors (Lipinski definition) is 1. The van der Waals surface area contributed by atoms with E-state index in [1.54, 1.807) is 6.20 Å². The lowest BCUT2D eigenvalue weighted by molar-refractivity contribution is -0.117. The van der Waals surface area contributed by atoms with Crippen molar-refractivity contribution in [1.82, 2.24) is 14.9 Å². The van der Waals surface area contributed by atoms with Crippen molar-refractivity contribution < 1.29 is 14.3 Å². The molecule has 28 heavy (non-hydrogen) atoms. The standard InChI is InChI=1S/C21H26N4O3/c1-14-6-4-8-18(16(14)3)24-20(26)13-25(12-17-7-5-9-28-17)21(27)19-11-22-15(2)10-23-19/h4,6,8,10-11,17H,5,7,9,12-13H2,1-3H3,(H,24,26)/t17-/m0/s1. The first-order valence-electron chi connectivity index (χ1n) is 9.49. The lowest BCUT2D eigenvalue weighted by Gasteiger charge is -2.25. The molecule has 7 heteroatoms. The highest BCUT2D eigenvalue weighted by atomic mass is 16.5. The third-order valence-corrected chi connectivity index (χ3v) is 4.95. The van der Waals surface area contributed by atoms with Gasteiger partial charge in [0.1, 0.15) is 12.2 Å². The number of nitrogens with zero attached hydrogens (tertiary/aromatic N) is 3. The van der Waals surface area contributed by atoms with Crippen molar-refractivity contribution in [2.45, 2.75) is 39.7 Å². The molecule has 2 aromatic rings. The Morgan fingerprint density at radius 3 is 2.71 bits per heavy atom. The molecular weight excluding hydrogens is 356 g/mol. The normalized spacial score (nSPS) is 16.0. The van der Waals surface area contributed by atoms with E-state index in [-0.39, 0.29) is 30.2 Å². The maximum atomic E-state index is 12.9. The molecule has 1 aromatic carbocycles. The van der Waals surface area contributed by atoms with Crippen LogP contribution in [0.15, 0.2) is 30.6 Å². The van der Waals surface area contributed by atoms with Gasteiger partial charge in [-0.2, -0.15) is 0 Å². The van der Waals surface area contributed by atoms with Crippen LogP contribution < -0.4 is 5.32 Å². The van der Waals surface area contributed by atoms with Crippen LogP contribution in [0.3, 0.4) is 0 Å². The molecular formula is C21H26N4O3. The molecule has 0 bridgehead atoms. The smallest absolute Gasteiger partial charge is 0.274 e. The van der Waals surface area contributed by atoms with Gasteiger partial charge in [0.15, 0.2) is 0 Å². The summed E-state index contributed by atoms with van der Waals surface area (Å²) >= 11 is 0. The van der Waals surface area contributed by atoms with Gasteiger partial charge in [-0.05, 0) is 50.8 Å². The number of nitrogens with one attached hydrogen (secondary N) is 1. The van der Waals surface area contributed by atoms with Crippen LogP contribution >= 0.6 is 0 Å². The number of carbonyl (C=O) groups excluding carboxylic acids is 2. The molecule has 1 aliphatic rings. The summed E-state index contributed by atoms with van der Waals surface area (Å²) in [5, 5.41) is 2.91. The van der Waals surface area contributed by atoms with E-state index in [1.165, 1.54) is 11.1 Å². The molecule has 1 fully saturated rings. The molecule has 2 amide bonds. The van der Waals surface area contributed by atoms with E-state index < -0.39 is 0 Å². The Labute approximate surface area is 165 Å². The number of benzene rings is 1. The molecule has 0 unspecified atom stereocenters. The number of amides is 2. The van der Waals surface area contributed by atoms with Gasteiger partial charge in [0.2, 0.25) is 5.91 Å². The third kappa shape index (κ3) is 4.92. The van der Waals surface area contributed by atoms with Crippen LogP contribution in [0, 0.1) is 20.8 Å². The van der Waals surface area contributed by atoms with Crippen LogP contribution in [-0.4, -0.2) is 52.5 Å². The van der Waals surface area contributed by atoms with E-state index >= 15 is 0 Å². The number of aromatic nitrogens is 2. The number of carbonyl (C=O) groups is 2. The molecule has 1 saturated heterocycles. The van der Waals surface area contributed by atoms with Gasteiger partial charge < -0.3 is 15.0 Å². The number of hydrogen-bond acceptors (Lipinski definition) is 5. The summed E-state index contributed by atoms with van der Waals surface area (Å²) in [4.78, 5) is 35.4. The zero-order valence-corrected chi connectivity index (χ0v) is 16.6. The molecule has 1 N–H and O–H groups in total. The van der Waals surface area contributed by atoms with Crippen LogP contribution in [0.2, 0.25) is 0 Å². The quantitative estimate of drug-likeness (QED) is 0.830. The van der Waals surface area contributed by atoms with Crippen molar-refractivity contribution in [3.63, 3.8) is 0 Å². The van der Waals surface area contributed by atoms with Crippen LogP contribution in [0.5, 0.6) is 0 Å². The summed E-state index contributed by atoms with van der Waals surface area (Å²) in [6.07, 6.45) is 4.78. The molecule has 0 radical (unpaired) electrons. The Bertz CT molecular complexity index is 845. The summed E-state index contributed by atoms with van der Waals surface area (Å²) < 4.78 is 5.66. The highest BCUT2D eigenvalue weighted by Crippen LogP contribution is 2.19. The molecule has 0 spiro atoms. The Morgan fingerprint density at radius 1 is 1.21 bits per heavy atom. The average Bonchev–Trinajstić information content (AvgIpc) is 3.18. The maximum absolute atomic E-state index is 12.9. The fourth-order valence-electron chi connectivity index (χ4n) is 3.17. The van der Waals surface area contributed by atoms with E-state index in [9.17, 15) is 9.59 Å². The van der Waals surface area contributed by atoms with Gasteiger partial charge in [-0.15, -0.1) is 0 Å². The second-order valence-electron chi connectivity index (χ2n) is 7.16. The molecule has 0 saturated carbocycles. The van der Waals surface area contributed by atoms with E-state index in [0.717, 1.165) is 35.3 Å². The van der Waals surface area contributed by atoms with E-state index in [1.807, 2.05) is 39.0 Å². The Morgan fingerprint density at radius 2 is 2.04 bits per heavy atom. The summed E-state index contributed by atoms with van der Waals surface area (Å²) in [5.41, 5.74) is 3.82. The fourth-order valence-corrected chi connectivity index (χ4v) is 3.17. The third-order valence-electron chi connectivity index (χ3n) is 4.95. The van der Waals surface area contributed by atoms with Crippen molar-refractivity contribution in [3.05, 3.63) is 53.1 Å². The Balaban J connectivity index is 1.74. The molecule has 1 atom stereocenters. The van der Waals surface area contributed by atoms with Gasteiger partial charge in [-0.1, -0.05) is 12.1 Å². The molecule has 1 aliphatic heterocycles. The number of aryl methyl sites for hydroxylation is 2. The first-order chi connectivity index (χ1) is 13.4. The molecule has 1 aromatic heterocycles. The van der Waals surface area contributed by atoms with Crippen LogP contribution in [0.25, 0.3) is 0 Å². The van der Waals surface area contributed by atoms with E-state index in [4.69, 9.17) is 4.74 Å². The van der Waals surface area contributed by atoms with Crippen LogP contribution in [-0.2, 0) is 9.53 Å². The highest BCUT2D eigenvalue weighted by molar-refractivity contribution is 5.98. The van der Waals surface area contributed by atoms with E-state index in [2.05, 4.69) is 15.3 Å². The zero-order valence-electron chi connectivity index (χ0n) is 16.6. The fraction of sp³-hybridized carbons (Fsp3) is 0.429. The minimum absolute atomic E-state index is 0.0594. The first-order valence-corrected chi connectivity index (χ1v) is 9.49. The maximum Gasteiger partial charge on any atom is 0.274 e. The van der Waals surface area contributed by atoms with Crippen molar-refractivity contribution in [3.8, 4) is 0 Å². The number of anilines is 1. The monoisotopic (exact) mass is 382 g/mol. The largest absolute Gasteiger partial charge is 0.376 e. The van der Waals surface area contributed by atoms with Crippen molar-refractivity contribution in [2.24, 2.45) is 0 Å². The van der Waals surface area contributed by atoms with Crippen molar-refractivity contribution in [2.75, 3.05) is 25.0 Å². The van der Waals surface area contributed by atoms with Gasteiger partial charge in [0.25, 0.3) is 5.91 Å². The summed E-state index contributed by atoms with van der Waals surface area (Å²) in [5.74, 6) is -0.570. The van der Waals surface area contributed by atoms with Crippen LogP contribution in [0.1, 0.15) is 40.2 Å². The van der Waals surface area contributed by atoms with Gasteiger partial charge >= 0.3 is 0 Å². The zero-order chi connectivity index (χ0) is 20.1. The second-order valence-corrected chi connectivity index (χ2v) is 7.16. The highest BCUT2D eigenvalue weighted by Gasteiger charge is 2.26. The predicted molar refractivity (Wildman–Crippen MR) is 106 cm³/mol. The second kappa shape index (κ2) is 8.93. The SMILES string of the molecule is Cc1cnc(C(=O)N(CC(=O)Nc2cccc(C)c2C)C[C@@H]2CCCO2)cn1. The summed E-state index contributed by atoms with van der Waals surface area (Å²) in [7, 11) is 0. The minimum Gasteiger partial charge on any atom is -0.376 e. The van der Waals surface area contributed by atoms with Crippen molar-refractivity contribution >= 4 is 17.5 Å². The molecule has 148 valence electrons. The Kier molecular flexibility index (Phi) is 6.36. The topological polar surface area (TPSA) is 84.4 Å². The summed E-state index contributed by atoms with van der Waals surface area (Å²) in [6, 6.07) is 5.75. The Hall–Kier alpha value is -2.80. The summed E-state index contributed by atoms with van der Waals surface area (Å²) in [6.45, 7) is 6.74. The van der Waals surface area contributed by atoms with Gasteiger partial charge in [-0.25, -0.2) is 4.98 Å². The molecule has 7 nitrogen and oxygen atoms in total. The van der Waals surface area contributed by atoms with Crippen molar-refractivity contribution in [1.29, 1.82) is 0 Å². The average molecular weight is 382 g/mol. The van der Waals surface area contributed by atoms with Gasteiger partial charge in [0.05, 0.1) is 18.0 Å². The lowest BCUT2D eigenvalue weighted by Crippen LogP contribution is -2.42.